The molecule has 1 N–H and O–H groups in total. The molecule has 1 amide bonds. The summed E-state index contributed by atoms with van der Waals surface area (Å²) in [6, 6.07) is 4.29. The molecule has 14 heteroatoms. The van der Waals surface area contributed by atoms with Crippen LogP contribution in [0.25, 0.3) is 5.83 Å². The number of hydrogen-bond acceptors (Lipinski definition) is 2. The minimum Gasteiger partial charge on any atom is -0.349 e. The average Bonchev–Trinajstić information content (AvgIpc) is 2.73. The van der Waals surface area contributed by atoms with Gasteiger partial charge in [-0.15, -0.1) is 0 Å². The number of benzene rings is 2. The Morgan fingerprint density at radius 3 is 2.08 bits per heavy atom. The summed E-state index contributed by atoms with van der Waals surface area (Å²) in [6.45, 7) is 1.48. The molecule has 36 heavy (non-hydrogen) atoms. The molecular weight excluding hydrogens is 601 g/mol. The van der Waals surface area contributed by atoms with E-state index in [0.717, 1.165) is 30.3 Å². The fourth-order valence-electron chi connectivity index (χ4n) is 2.92. The zero-order valence-corrected chi connectivity index (χ0v) is 21.8. The third kappa shape index (κ3) is 8.90. The van der Waals surface area contributed by atoms with Crippen molar-refractivity contribution < 1.29 is 35.5 Å². The maximum atomic E-state index is 14.9. The molecule has 0 aliphatic heterocycles. The van der Waals surface area contributed by atoms with Crippen LogP contribution in [0.15, 0.2) is 36.4 Å². The van der Waals surface area contributed by atoms with Crippen LogP contribution in [0.4, 0.5) is 30.7 Å². The van der Waals surface area contributed by atoms with Crippen LogP contribution in [0, 0.1) is 0 Å². The van der Waals surface area contributed by atoms with Gasteiger partial charge in [-0.2, -0.15) is 38.1 Å². The van der Waals surface area contributed by atoms with Crippen molar-refractivity contribution >= 4 is 69.9 Å². The van der Waals surface area contributed by atoms with E-state index in [-0.39, 0.29) is 37.0 Å². The lowest BCUT2D eigenvalue weighted by molar-refractivity contribution is -0.139. The van der Waals surface area contributed by atoms with E-state index < -0.39 is 47.4 Å². The maximum Gasteiger partial charge on any atom is 0.399 e. The molecule has 0 fully saturated rings. The van der Waals surface area contributed by atoms with Crippen molar-refractivity contribution in [3.05, 3.63) is 73.2 Å². The number of amides is 1. The summed E-state index contributed by atoms with van der Waals surface area (Å²) in [5, 5.41) is 1.54. The zero-order valence-electron chi connectivity index (χ0n) is 18.0. The van der Waals surface area contributed by atoms with Gasteiger partial charge in [0.15, 0.2) is 0 Å². The first-order chi connectivity index (χ1) is 16.5. The number of allylic oxidation sites excluding steroid dienone is 1. The normalized spacial score (nSPS) is 14.5. The van der Waals surface area contributed by atoms with Gasteiger partial charge >= 0.3 is 12.4 Å². The van der Waals surface area contributed by atoms with E-state index in [2.05, 4.69) is 5.32 Å². The average molecular weight is 617 g/mol. The second-order valence-electron chi connectivity index (χ2n) is 7.53. The van der Waals surface area contributed by atoms with E-state index in [9.17, 15) is 35.5 Å². The minimum atomic E-state index is -4.91. The van der Waals surface area contributed by atoms with Crippen LogP contribution >= 0.6 is 58.2 Å². The maximum absolute atomic E-state index is 14.9. The fourth-order valence-corrected chi connectivity index (χ4v) is 4.58. The largest absolute Gasteiger partial charge is 0.399 e. The van der Waals surface area contributed by atoms with Crippen LogP contribution in [0.1, 0.15) is 34.3 Å². The lowest BCUT2D eigenvalue weighted by atomic mass is 9.96. The van der Waals surface area contributed by atoms with Crippen molar-refractivity contribution in [3.8, 4) is 0 Å². The Balaban J connectivity index is 2.24. The van der Waals surface area contributed by atoms with Crippen LogP contribution in [0.2, 0.25) is 20.1 Å². The van der Waals surface area contributed by atoms with Gasteiger partial charge in [0.2, 0.25) is 0 Å². The topological polar surface area (TPSA) is 29.1 Å². The quantitative estimate of drug-likeness (QED) is 0.236. The molecule has 1 unspecified atom stereocenters. The fraction of sp³-hybridized carbons (Fsp3) is 0.318. The van der Waals surface area contributed by atoms with Gasteiger partial charge in [-0.05, 0) is 42.8 Å². The Hall–Kier alpha value is -1.33. The lowest BCUT2D eigenvalue weighted by Gasteiger charge is -2.19. The van der Waals surface area contributed by atoms with E-state index in [0.29, 0.717) is 17.8 Å². The molecule has 0 saturated heterocycles. The van der Waals surface area contributed by atoms with Gasteiger partial charge in [-0.25, -0.2) is 4.39 Å². The van der Waals surface area contributed by atoms with Gasteiger partial charge in [-0.3, -0.25) is 4.79 Å². The highest BCUT2D eigenvalue weighted by atomic mass is 35.5. The first-order valence-corrected chi connectivity index (χ1v) is 12.5. The molecule has 2 rings (SSSR count). The number of hydrogen-bond donors (Lipinski definition) is 1. The molecule has 0 spiro atoms. The molecule has 0 aliphatic carbocycles. The first kappa shape index (κ1) is 30.9. The molecule has 0 radical (unpaired) electrons. The highest BCUT2D eigenvalue weighted by Gasteiger charge is 2.40. The number of carbonyl (C=O) groups is 1. The van der Waals surface area contributed by atoms with E-state index in [1.807, 2.05) is 0 Å². The summed E-state index contributed by atoms with van der Waals surface area (Å²) in [4.78, 5) is 12.4. The summed E-state index contributed by atoms with van der Waals surface area (Å²) >= 11 is 24.0. The van der Waals surface area contributed by atoms with E-state index in [1.165, 1.54) is 6.92 Å². The Morgan fingerprint density at radius 1 is 1.00 bits per heavy atom. The Labute approximate surface area is 226 Å². The summed E-state index contributed by atoms with van der Waals surface area (Å²) in [7, 11) is 0. The molecule has 0 aliphatic rings. The highest BCUT2D eigenvalue weighted by molar-refractivity contribution is 7.99. The van der Waals surface area contributed by atoms with Crippen LogP contribution < -0.4 is 5.32 Å². The molecular formula is C22H16Cl4F7NOS. The predicted molar refractivity (Wildman–Crippen MR) is 131 cm³/mol. The molecule has 0 bridgehead atoms. The summed E-state index contributed by atoms with van der Waals surface area (Å²) in [5.41, 5.74) is -0.924. The van der Waals surface area contributed by atoms with Crippen LogP contribution in [-0.4, -0.2) is 35.8 Å². The van der Waals surface area contributed by atoms with Crippen molar-refractivity contribution in [1.29, 1.82) is 0 Å². The van der Waals surface area contributed by atoms with Gasteiger partial charge < -0.3 is 5.32 Å². The molecule has 2 nitrogen and oxygen atoms in total. The molecule has 2 atom stereocenters. The number of rotatable bonds is 8. The second kappa shape index (κ2) is 12.5. The molecule has 2 aromatic rings. The molecule has 198 valence electrons. The number of nitrogens with one attached hydrogen (secondary N) is 1. The standard InChI is InChI=1S/C22H16Cl4F7NOS/c1-10(8-36-9-21(28,29)30)34-20(35)13-3-2-11(4-15(13)23)18(27)7-14(22(31,32)33)12-5-16(24)19(26)17(25)6-12/h2-7,10,14H,8-9H2,1H3,(H,34,35)/b18-7-/t10-,14?/m1/s1. The van der Waals surface area contributed by atoms with Crippen molar-refractivity contribution in [2.75, 3.05) is 11.5 Å². The number of carbonyl (C=O) groups excluding carboxylic acids is 1. The monoisotopic (exact) mass is 615 g/mol. The van der Waals surface area contributed by atoms with Crippen molar-refractivity contribution in [2.24, 2.45) is 0 Å². The van der Waals surface area contributed by atoms with Crippen LogP contribution in [0.5, 0.6) is 0 Å². The van der Waals surface area contributed by atoms with Gasteiger partial charge in [-0.1, -0.05) is 52.5 Å². The molecule has 0 aromatic heterocycles. The number of thioether (sulfide) groups is 1. The lowest BCUT2D eigenvalue weighted by Crippen LogP contribution is -2.34. The van der Waals surface area contributed by atoms with E-state index in [4.69, 9.17) is 46.4 Å². The Kier molecular flexibility index (Phi) is 10.7. The van der Waals surface area contributed by atoms with Crippen LogP contribution in [0.3, 0.4) is 0 Å². The molecule has 0 heterocycles. The predicted octanol–water partition coefficient (Wildman–Crippen LogP) is 9.37. The van der Waals surface area contributed by atoms with Crippen molar-refractivity contribution in [2.45, 2.75) is 31.2 Å². The first-order valence-electron chi connectivity index (χ1n) is 9.83. The molecule has 0 saturated carbocycles. The third-order valence-electron chi connectivity index (χ3n) is 4.53. The van der Waals surface area contributed by atoms with Crippen molar-refractivity contribution in [1.82, 2.24) is 5.32 Å². The number of halogens is 11. The minimum absolute atomic E-state index is 0.0319. The smallest absolute Gasteiger partial charge is 0.349 e. The molecule has 2 aromatic carbocycles. The van der Waals surface area contributed by atoms with Gasteiger partial charge in [0, 0.05) is 17.4 Å². The highest BCUT2D eigenvalue weighted by Crippen LogP contribution is 2.42. The summed E-state index contributed by atoms with van der Waals surface area (Å²) in [6.07, 6.45) is -8.95. The number of alkyl halides is 6. The van der Waals surface area contributed by atoms with E-state index in [1.54, 1.807) is 0 Å². The van der Waals surface area contributed by atoms with Gasteiger partial charge in [0.1, 0.15) is 11.7 Å². The van der Waals surface area contributed by atoms with E-state index >= 15 is 0 Å². The SMILES string of the molecule is C[C@H](CSCC(F)(F)F)NC(=O)c1ccc(/C(F)=C/C(c2cc(Cl)c(Cl)c(Cl)c2)C(F)(F)F)cc1Cl. The van der Waals surface area contributed by atoms with Gasteiger partial charge in [0.25, 0.3) is 5.91 Å². The van der Waals surface area contributed by atoms with Crippen LogP contribution in [-0.2, 0) is 0 Å². The summed E-state index contributed by atoms with van der Waals surface area (Å²) in [5.74, 6) is -5.57. The van der Waals surface area contributed by atoms with Gasteiger partial charge in [0.05, 0.1) is 31.4 Å². The Bertz CT molecular complexity index is 1120. The summed E-state index contributed by atoms with van der Waals surface area (Å²) < 4.78 is 92.7. The third-order valence-corrected chi connectivity index (χ3v) is 7.31. The Morgan fingerprint density at radius 2 is 1.58 bits per heavy atom. The second-order valence-corrected chi connectivity index (χ2v) is 10.2. The van der Waals surface area contributed by atoms with Crippen molar-refractivity contribution in [3.63, 3.8) is 0 Å². The zero-order chi connectivity index (χ0) is 27.4.